The van der Waals surface area contributed by atoms with E-state index in [2.05, 4.69) is 31.7 Å². The molecule has 4 aromatic rings. The van der Waals surface area contributed by atoms with Crippen LogP contribution in [-0.4, -0.2) is 26.8 Å². The van der Waals surface area contributed by atoms with Crippen LogP contribution < -0.4 is 15.4 Å². The molecule has 1 saturated carbocycles. The summed E-state index contributed by atoms with van der Waals surface area (Å²) in [6.45, 7) is 0. The molecule has 1 aliphatic heterocycles. The van der Waals surface area contributed by atoms with Gasteiger partial charge in [-0.1, -0.05) is 58.9 Å². The largest absolute Gasteiger partial charge is 0.457 e. The number of halogens is 5. The van der Waals surface area contributed by atoms with Crippen molar-refractivity contribution in [2.45, 2.75) is 62.7 Å². The molecule has 1 aliphatic carbocycles. The van der Waals surface area contributed by atoms with Crippen LogP contribution in [0.25, 0.3) is 0 Å². The minimum atomic E-state index is -4.63. The molecule has 0 spiro atoms. The molecule has 1 aromatic heterocycles. The lowest BCUT2D eigenvalue weighted by Gasteiger charge is -2.34. The Morgan fingerprint density at radius 2 is 1.83 bits per heavy atom. The van der Waals surface area contributed by atoms with E-state index in [0.29, 0.717) is 16.3 Å². The van der Waals surface area contributed by atoms with Gasteiger partial charge in [0, 0.05) is 28.0 Å². The number of carbonyl (C=O) groups is 1. The first-order valence-electron chi connectivity index (χ1n) is 14.7. The molecular weight excluding hydrogens is 691 g/mol. The number of alkyl halides is 3. The summed E-state index contributed by atoms with van der Waals surface area (Å²) in [5.74, 6) is -0.0816. The number of amides is 1. The molecule has 1 fully saturated rings. The highest BCUT2D eigenvalue weighted by Gasteiger charge is 2.47. The van der Waals surface area contributed by atoms with Gasteiger partial charge in [0.25, 0.3) is 11.6 Å². The molecular formula is C32H28BrClF3N5O4. The number of benzene rings is 3. The van der Waals surface area contributed by atoms with Crippen LogP contribution in [0.1, 0.15) is 78.0 Å². The highest BCUT2D eigenvalue weighted by atomic mass is 79.9. The highest BCUT2D eigenvalue weighted by Crippen LogP contribution is 2.45. The second-order valence-corrected chi connectivity index (χ2v) is 12.8. The summed E-state index contributed by atoms with van der Waals surface area (Å²) in [6, 6.07) is 13.2. The predicted molar refractivity (Wildman–Crippen MR) is 171 cm³/mol. The van der Waals surface area contributed by atoms with Gasteiger partial charge in [0.15, 0.2) is 6.04 Å². The van der Waals surface area contributed by atoms with Crippen molar-refractivity contribution in [2.24, 2.45) is 0 Å². The fourth-order valence-electron chi connectivity index (χ4n) is 6.13. The molecule has 0 saturated heterocycles. The van der Waals surface area contributed by atoms with E-state index < -0.39 is 29.1 Å². The van der Waals surface area contributed by atoms with Gasteiger partial charge in [-0.25, -0.2) is 4.68 Å². The van der Waals surface area contributed by atoms with Crippen molar-refractivity contribution in [2.75, 3.05) is 10.6 Å². The molecule has 3 aromatic carbocycles. The second-order valence-electron chi connectivity index (χ2n) is 11.4. The van der Waals surface area contributed by atoms with E-state index in [9.17, 15) is 28.1 Å². The van der Waals surface area contributed by atoms with E-state index in [0.717, 1.165) is 59.1 Å². The average molecular weight is 719 g/mol. The maximum absolute atomic E-state index is 14.2. The normalized spacial score (nSPS) is 18.4. The summed E-state index contributed by atoms with van der Waals surface area (Å²) in [6.07, 6.45) is 1.33. The van der Waals surface area contributed by atoms with Crippen LogP contribution in [0.15, 0.2) is 71.3 Å². The molecule has 1 amide bonds. The molecule has 2 N–H and O–H groups in total. The Morgan fingerprint density at radius 1 is 1.09 bits per heavy atom. The number of hydrogen-bond acceptors (Lipinski definition) is 6. The van der Waals surface area contributed by atoms with Crippen LogP contribution in [0.4, 0.5) is 30.4 Å². The molecule has 14 heteroatoms. The summed E-state index contributed by atoms with van der Waals surface area (Å²) < 4.78 is 50.2. The number of ether oxygens (including phenoxy) is 1. The Labute approximate surface area is 275 Å². The first-order chi connectivity index (χ1) is 22.0. The van der Waals surface area contributed by atoms with Crippen LogP contribution >= 0.6 is 27.5 Å². The number of nitrogens with one attached hydrogen (secondary N) is 2. The third-order valence-corrected chi connectivity index (χ3v) is 9.12. The molecule has 240 valence electrons. The molecule has 2 atom stereocenters. The fraction of sp³-hybridized carbons (Fsp3) is 0.312. The van der Waals surface area contributed by atoms with E-state index >= 15 is 0 Å². The Hall–Kier alpha value is -4.10. The topological polar surface area (TPSA) is 111 Å². The SMILES string of the molecule is O=C(Nc1cc(Oc2ccc(Cl)cc2C2CCCCC2)cc([N+](=O)[O-])c1)c1cnn2c1N[C@H](c1ccc(Br)cc1)C[C@@H]2C(F)(F)F. The molecule has 46 heavy (non-hydrogen) atoms. The van der Waals surface area contributed by atoms with E-state index in [1.165, 1.54) is 12.1 Å². The van der Waals surface area contributed by atoms with Crippen molar-refractivity contribution in [3.05, 3.63) is 103 Å². The van der Waals surface area contributed by atoms with E-state index in [4.69, 9.17) is 16.3 Å². The zero-order chi connectivity index (χ0) is 32.6. The number of nitro benzene ring substituents is 1. The van der Waals surface area contributed by atoms with Gasteiger partial charge in [-0.3, -0.25) is 14.9 Å². The number of aromatic nitrogens is 2. The Balaban J connectivity index is 1.30. The summed E-state index contributed by atoms with van der Waals surface area (Å²) in [5.41, 5.74) is 1.04. The van der Waals surface area contributed by atoms with Crippen LogP contribution in [-0.2, 0) is 0 Å². The van der Waals surface area contributed by atoms with Crippen molar-refractivity contribution in [3.63, 3.8) is 0 Å². The summed E-state index contributed by atoms with van der Waals surface area (Å²) in [7, 11) is 0. The summed E-state index contributed by atoms with van der Waals surface area (Å²) in [5, 5.41) is 21.9. The number of carbonyl (C=O) groups excluding carboxylic acids is 1. The van der Waals surface area contributed by atoms with Crippen LogP contribution in [0.5, 0.6) is 11.5 Å². The lowest BCUT2D eigenvalue weighted by Crippen LogP contribution is -2.36. The first-order valence-corrected chi connectivity index (χ1v) is 15.9. The van der Waals surface area contributed by atoms with Crippen molar-refractivity contribution < 1.29 is 27.6 Å². The minimum Gasteiger partial charge on any atom is -0.457 e. The summed E-state index contributed by atoms with van der Waals surface area (Å²) >= 11 is 9.64. The van der Waals surface area contributed by atoms with Crippen molar-refractivity contribution >= 4 is 50.6 Å². The van der Waals surface area contributed by atoms with Gasteiger partial charge in [-0.05, 0) is 60.2 Å². The van der Waals surface area contributed by atoms with Crippen LogP contribution in [0, 0.1) is 10.1 Å². The van der Waals surface area contributed by atoms with Gasteiger partial charge in [0.05, 0.1) is 28.9 Å². The Morgan fingerprint density at radius 3 is 2.52 bits per heavy atom. The predicted octanol–water partition coefficient (Wildman–Crippen LogP) is 9.96. The molecule has 2 heterocycles. The average Bonchev–Trinajstić information content (AvgIpc) is 3.46. The van der Waals surface area contributed by atoms with Gasteiger partial charge in [0.2, 0.25) is 0 Å². The highest BCUT2D eigenvalue weighted by molar-refractivity contribution is 9.10. The van der Waals surface area contributed by atoms with Crippen molar-refractivity contribution in [1.82, 2.24) is 9.78 Å². The second kappa shape index (κ2) is 13.0. The van der Waals surface area contributed by atoms with Gasteiger partial charge in [-0.15, -0.1) is 0 Å². The third kappa shape index (κ3) is 6.85. The third-order valence-electron chi connectivity index (χ3n) is 8.36. The summed E-state index contributed by atoms with van der Waals surface area (Å²) in [4.78, 5) is 24.7. The minimum absolute atomic E-state index is 0.0231. The van der Waals surface area contributed by atoms with Gasteiger partial charge in [0.1, 0.15) is 22.9 Å². The monoisotopic (exact) mass is 717 g/mol. The van der Waals surface area contributed by atoms with E-state index in [1.807, 2.05) is 6.07 Å². The zero-order valence-corrected chi connectivity index (χ0v) is 26.5. The maximum atomic E-state index is 14.2. The van der Waals surface area contributed by atoms with Crippen LogP contribution in [0.3, 0.4) is 0 Å². The van der Waals surface area contributed by atoms with Crippen LogP contribution in [0.2, 0.25) is 5.02 Å². The number of fused-ring (bicyclic) bond motifs is 1. The Bertz CT molecular complexity index is 1780. The lowest BCUT2D eigenvalue weighted by atomic mass is 9.84. The standard InChI is InChI=1S/C32H28BrClF3N5O4/c33-20-8-6-19(7-9-20)27-16-29(32(35,36)37)41-30(40-27)26(17-38-41)31(43)39-22-13-23(42(44)45)15-24(14-22)46-28-11-10-21(34)12-25(28)18-4-2-1-3-5-18/h6-15,17-18,27,29,40H,1-5,16H2,(H,39,43)/t27-,29+/m0/s1. The molecule has 6 rings (SSSR count). The quantitative estimate of drug-likeness (QED) is 0.145. The maximum Gasteiger partial charge on any atom is 0.410 e. The van der Waals surface area contributed by atoms with Gasteiger partial charge >= 0.3 is 6.18 Å². The van der Waals surface area contributed by atoms with Crippen molar-refractivity contribution in [3.8, 4) is 11.5 Å². The van der Waals surface area contributed by atoms with E-state index in [-0.39, 0.29) is 40.8 Å². The fourth-order valence-corrected chi connectivity index (χ4v) is 6.58. The molecule has 0 radical (unpaired) electrons. The van der Waals surface area contributed by atoms with Gasteiger partial charge in [-0.2, -0.15) is 18.3 Å². The van der Waals surface area contributed by atoms with E-state index in [1.54, 1.807) is 36.4 Å². The number of anilines is 2. The number of rotatable bonds is 7. The lowest BCUT2D eigenvalue weighted by molar-refractivity contribution is -0.384. The number of hydrogen-bond donors (Lipinski definition) is 2. The molecule has 9 nitrogen and oxygen atoms in total. The zero-order valence-electron chi connectivity index (χ0n) is 24.2. The Kier molecular flexibility index (Phi) is 8.97. The molecule has 0 bridgehead atoms. The molecule has 2 aliphatic rings. The number of non-ortho nitro benzene ring substituents is 1. The molecule has 0 unspecified atom stereocenters. The smallest absolute Gasteiger partial charge is 0.410 e. The number of nitrogens with zero attached hydrogens (tertiary/aromatic N) is 3. The first kappa shape index (κ1) is 31.9. The van der Waals surface area contributed by atoms with Crippen molar-refractivity contribution in [1.29, 1.82) is 0 Å². The number of nitro groups is 1. The van der Waals surface area contributed by atoms with Gasteiger partial charge < -0.3 is 15.4 Å².